The predicted molar refractivity (Wildman–Crippen MR) is 53.9 cm³/mol. The molecule has 2 amide bonds. The molecule has 1 unspecified atom stereocenters. The molecule has 1 saturated carbocycles. The van der Waals surface area contributed by atoms with E-state index in [0.29, 0.717) is 19.3 Å². The van der Waals surface area contributed by atoms with Gasteiger partial charge in [0.25, 0.3) is 0 Å². The number of rotatable bonds is 2. The Bertz CT molecular complexity index is 294. The van der Waals surface area contributed by atoms with E-state index in [2.05, 4.69) is 0 Å². The molecule has 0 radical (unpaired) electrons. The van der Waals surface area contributed by atoms with Crippen LogP contribution >= 0.6 is 0 Å². The van der Waals surface area contributed by atoms with E-state index in [-0.39, 0.29) is 24.3 Å². The van der Waals surface area contributed by atoms with Crippen molar-refractivity contribution in [3.05, 3.63) is 0 Å². The first kappa shape index (κ1) is 10.6. The highest BCUT2D eigenvalue weighted by atomic mass is 16.3. The lowest BCUT2D eigenvalue weighted by atomic mass is 10.0. The van der Waals surface area contributed by atoms with Crippen LogP contribution in [0.1, 0.15) is 39.0 Å². The maximum Gasteiger partial charge on any atom is 0.232 e. The number of likely N-dealkylation sites (tertiary alicyclic amines) is 1. The molecule has 0 bridgehead atoms. The summed E-state index contributed by atoms with van der Waals surface area (Å²) in [7, 11) is 0. The van der Waals surface area contributed by atoms with Crippen molar-refractivity contribution in [3.63, 3.8) is 0 Å². The predicted octanol–water partition coefficient (Wildman–Crippen LogP) is 0.686. The van der Waals surface area contributed by atoms with Crippen LogP contribution in [0.2, 0.25) is 0 Å². The van der Waals surface area contributed by atoms with Crippen molar-refractivity contribution in [2.45, 2.75) is 44.6 Å². The number of aliphatic hydroxyl groups is 1. The van der Waals surface area contributed by atoms with Gasteiger partial charge in [-0.05, 0) is 12.8 Å². The Morgan fingerprint density at radius 3 is 2.47 bits per heavy atom. The van der Waals surface area contributed by atoms with Gasteiger partial charge in [0.1, 0.15) is 0 Å². The van der Waals surface area contributed by atoms with Gasteiger partial charge in [0.2, 0.25) is 11.8 Å². The van der Waals surface area contributed by atoms with Crippen LogP contribution in [0.15, 0.2) is 0 Å². The zero-order valence-electron chi connectivity index (χ0n) is 9.03. The van der Waals surface area contributed by atoms with E-state index in [4.69, 9.17) is 0 Å². The number of amides is 2. The Kier molecular flexibility index (Phi) is 2.54. The minimum absolute atomic E-state index is 0.125. The first-order valence-corrected chi connectivity index (χ1v) is 5.58. The molecule has 4 nitrogen and oxygen atoms in total. The second-order valence-electron chi connectivity index (χ2n) is 4.85. The summed E-state index contributed by atoms with van der Waals surface area (Å²) in [6.07, 6.45) is 3.69. The van der Waals surface area contributed by atoms with Crippen LogP contribution < -0.4 is 0 Å². The van der Waals surface area contributed by atoms with Gasteiger partial charge in [0.05, 0.1) is 12.1 Å². The fourth-order valence-corrected chi connectivity index (χ4v) is 2.50. The molecular formula is C11H17NO3. The Hall–Kier alpha value is -0.900. The van der Waals surface area contributed by atoms with Gasteiger partial charge in [-0.1, -0.05) is 19.8 Å². The number of hydrogen-bond acceptors (Lipinski definition) is 3. The molecule has 1 atom stereocenters. The van der Waals surface area contributed by atoms with E-state index in [0.717, 1.165) is 12.8 Å². The summed E-state index contributed by atoms with van der Waals surface area (Å²) >= 11 is 0. The molecule has 1 saturated heterocycles. The van der Waals surface area contributed by atoms with Crippen molar-refractivity contribution in [3.8, 4) is 0 Å². The lowest BCUT2D eigenvalue weighted by Crippen LogP contribution is -2.44. The molecule has 4 heteroatoms. The van der Waals surface area contributed by atoms with Crippen LogP contribution in [0, 0.1) is 5.92 Å². The maximum absolute atomic E-state index is 11.6. The van der Waals surface area contributed by atoms with Gasteiger partial charge in [0, 0.05) is 12.3 Å². The first-order valence-electron chi connectivity index (χ1n) is 5.58. The third-order valence-electron chi connectivity index (χ3n) is 3.46. The molecule has 1 aliphatic carbocycles. The molecule has 2 fully saturated rings. The van der Waals surface area contributed by atoms with Crippen molar-refractivity contribution in [2.24, 2.45) is 5.92 Å². The SMILES string of the molecule is CC1CC(=O)N(CC2(O)CCCC2)C1=O. The van der Waals surface area contributed by atoms with Gasteiger partial charge in [-0.2, -0.15) is 0 Å². The summed E-state index contributed by atoms with van der Waals surface area (Å²) in [6, 6.07) is 0. The number of β-amino-alcohol motifs (C(OH)–C–C–N with tert-alkyl or cyclic N) is 1. The molecule has 15 heavy (non-hydrogen) atoms. The topological polar surface area (TPSA) is 57.6 Å². The molecule has 2 rings (SSSR count). The molecule has 0 aromatic heterocycles. The zero-order valence-corrected chi connectivity index (χ0v) is 9.03. The number of carbonyl (C=O) groups is 2. The van der Waals surface area contributed by atoms with Crippen LogP contribution in [-0.2, 0) is 9.59 Å². The monoisotopic (exact) mass is 211 g/mol. The third kappa shape index (κ3) is 1.91. The van der Waals surface area contributed by atoms with E-state index < -0.39 is 5.60 Å². The number of nitrogens with zero attached hydrogens (tertiary/aromatic N) is 1. The molecule has 0 aromatic rings. The Morgan fingerprint density at radius 2 is 2.00 bits per heavy atom. The summed E-state index contributed by atoms with van der Waals surface area (Å²) in [6.45, 7) is 1.97. The highest BCUT2D eigenvalue weighted by molar-refractivity contribution is 6.03. The lowest BCUT2D eigenvalue weighted by molar-refractivity contribution is -0.143. The van der Waals surface area contributed by atoms with Crippen LogP contribution in [-0.4, -0.2) is 34.0 Å². The summed E-state index contributed by atoms with van der Waals surface area (Å²) in [5.41, 5.74) is -0.810. The fraction of sp³-hybridized carbons (Fsp3) is 0.818. The van der Waals surface area contributed by atoms with E-state index in [1.54, 1.807) is 6.92 Å². The summed E-state index contributed by atoms with van der Waals surface area (Å²) in [5.74, 6) is -0.462. The van der Waals surface area contributed by atoms with Gasteiger partial charge in [0.15, 0.2) is 0 Å². The molecule has 1 aliphatic heterocycles. The summed E-state index contributed by atoms with van der Waals surface area (Å²) in [4.78, 5) is 24.4. The zero-order chi connectivity index (χ0) is 11.1. The largest absolute Gasteiger partial charge is 0.388 e. The van der Waals surface area contributed by atoms with Crippen molar-refractivity contribution >= 4 is 11.8 Å². The van der Waals surface area contributed by atoms with Crippen LogP contribution in [0.3, 0.4) is 0 Å². The number of hydrogen-bond donors (Lipinski definition) is 1. The molecule has 1 N–H and O–H groups in total. The summed E-state index contributed by atoms with van der Waals surface area (Å²) < 4.78 is 0. The van der Waals surface area contributed by atoms with E-state index in [1.165, 1.54) is 4.90 Å². The number of carbonyl (C=O) groups excluding carboxylic acids is 2. The minimum atomic E-state index is -0.810. The summed E-state index contributed by atoms with van der Waals surface area (Å²) in [5, 5.41) is 10.1. The Balaban J connectivity index is 2.05. The maximum atomic E-state index is 11.6. The molecular weight excluding hydrogens is 194 g/mol. The molecule has 0 spiro atoms. The molecule has 0 aromatic carbocycles. The van der Waals surface area contributed by atoms with Crippen molar-refractivity contribution in [1.29, 1.82) is 0 Å². The fourth-order valence-electron chi connectivity index (χ4n) is 2.50. The normalized spacial score (nSPS) is 30.3. The first-order chi connectivity index (χ1) is 7.02. The minimum Gasteiger partial charge on any atom is -0.388 e. The lowest BCUT2D eigenvalue weighted by Gasteiger charge is -2.27. The highest BCUT2D eigenvalue weighted by Crippen LogP contribution is 2.32. The van der Waals surface area contributed by atoms with Crippen LogP contribution in [0.5, 0.6) is 0 Å². The van der Waals surface area contributed by atoms with Gasteiger partial charge in [-0.3, -0.25) is 14.5 Å². The standard InChI is InChI=1S/C11H17NO3/c1-8-6-9(13)12(10(8)14)7-11(15)4-2-3-5-11/h8,15H,2-7H2,1H3. The van der Waals surface area contributed by atoms with E-state index in [9.17, 15) is 14.7 Å². The van der Waals surface area contributed by atoms with Crippen LogP contribution in [0.4, 0.5) is 0 Å². The second-order valence-corrected chi connectivity index (χ2v) is 4.85. The smallest absolute Gasteiger partial charge is 0.232 e. The van der Waals surface area contributed by atoms with Gasteiger partial charge >= 0.3 is 0 Å². The van der Waals surface area contributed by atoms with Crippen molar-refractivity contribution < 1.29 is 14.7 Å². The van der Waals surface area contributed by atoms with E-state index >= 15 is 0 Å². The average Bonchev–Trinajstić information content (AvgIpc) is 2.68. The Morgan fingerprint density at radius 1 is 1.40 bits per heavy atom. The third-order valence-corrected chi connectivity index (χ3v) is 3.46. The van der Waals surface area contributed by atoms with Gasteiger partial charge < -0.3 is 5.11 Å². The molecule has 84 valence electrons. The second kappa shape index (κ2) is 3.59. The molecule has 2 aliphatic rings. The Labute approximate surface area is 89.3 Å². The van der Waals surface area contributed by atoms with Gasteiger partial charge in [-0.25, -0.2) is 0 Å². The van der Waals surface area contributed by atoms with Crippen LogP contribution in [0.25, 0.3) is 0 Å². The molecule has 1 heterocycles. The average molecular weight is 211 g/mol. The van der Waals surface area contributed by atoms with Gasteiger partial charge in [-0.15, -0.1) is 0 Å². The van der Waals surface area contributed by atoms with E-state index in [1.807, 2.05) is 0 Å². The quantitative estimate of drug-likeness (QED) is 0.683. The highest BCUT2D eigenvalue weighted by Gasteiger charge is 2.41. The number of imide groups is 1. The van der Waals surface area contributed by atoms with Crippen molar-refractivity contribution in [2.75, 3.05) is 6.54 Å². The van der Waals surface area contributed by atoms with Crippen molar-refractivity contribution in [1.82, 2.24) is 4.90 Å².